The molecule has 4 amide bonds. The first-order valence-electron chi connectivity index (χ1n) is 48.3. The molecule has 0 aliphatic carbocycles. The number of aryl methyl sites for hydroxylation is 6. The van der Waals surface area contributed by atoms with Gasteiger partial charge in [-0.3, -0.25) is 56.5 Å². The van der Waals surface area contributed by atoms with E-state index in [2.05, 4.69) is 97.6 Å². The van der Waals surface area contributed by atoms with Gasteiger partial charge in [-0.2, -0.15) is 0 Å². The molecule has 12 aliphatic heterocycles. The number of aliphatic hydroxyl groups is 2. The maximum absolute atomic E-state index is 14.0. The lowest BCUT2D eigenvalue weighted by Crippen LogP contribution is -2.49. The highest BCUT2D eigenvalue weighted by Gasteiger charge is 2.54. The van der Waals surface area contributed by atoms with E-state index in [4.69, 9.17) is 54.2 Å². The number of hydrogen-bond acceptors (Lipinski definition) is 34. The Kier molecular flexibility index (Phi) is 26.9. The third-order valence-corrected chi connectivity index (χ3v) is 33.0. The van der Waals surface area contributed by atoms with Crippen LogP contribution < -0.4 is 123 Å². The molecule has 4 aromatic heterocycles. The van der Waals surface area contributed by atoms with E-state index in [1.165, 1.54) is 114 Å². The number of anilines is 4. The Morgan fingerprint density at radius 3 is 1.32 bits per heavy atom. The molecular weight excluding hydrogens is 2020 g/mol. The van der Waals surface area contributed by atoms with Crippen molar-refractivity contribution in [3.63, 3.8) is 0 Å². The zero-order chi connectivity index (χ0) is 104. The van der Waals surface area contributed by atoms with E-state index >= 15 is 0 Å². The number of carboxylic acids is 2. The minimum absolute atomic E-state index is 0.00310. The third kappa shape index (κ3) is 19.2. The predicted octanol–water partition coefficient (Wildman–Crippen LogP) is -3.39. The number of nitrogens with two attached hydrogens (primary N) is 2. The average molecular weight is 2120 g/mol. The van der Waals surface area contributed by atoms with Crippen molar-refractivity contribution in [1.82, 2.24) is 59.5 Å². The van der Waals surface area contributed by atoms with Crippen molar-refractivity contribution in [3.8, 4) is 23.0 Å². The van der Waals surface area contributed by atoms with Crippen LogP contribution in [0.4, 0.5) is 32.9 Å². The molecule has 2 fully saturated rings. The van der Waals surface area contributed by atoms with Gasteiger partial charge in [-0.05, 0) is 148 Å². The Morgan fingerprint density at radius 2 is 0.878 bits per heavy atom. The molecule has 0 bridgehead atoms. The number of phosphoric acid groups is 4. The van der Waals surface area contributed by atoms with Gasteiger partial charge in [0.05, 0.1) is 50.4 Å². The van der Waals surface area contributed by atoms with E-state index in [0.717, 1.165) is 199 Å². The number of aromatic amines is 2. The van der Waals surface area contributed by atoms with Gasteiger partial charge >= 0.3 is 39.1 Å². The number of ether oxygens (including phenoxy) is 6. The first-order valence-corrected chi connectivity index (χ1v) is 54.3. The molecule has 2 saturated heterocycles. The van der Waals surface area contributed by atoms with Crippen LogP contribution in [0.3, 0.4) is 0 Å². The van der Waals surface area contributed by atoms with Gasteiger partial charge in [0.25, 0.3) is 50.5 Å². The SMILES string of the molecule is Cn1c[n+]([C@@H]2O[C@H](COP(=O)(O)OP(=O)([O-])O)[C@@H](O)[C@H]2OC(=O)NCCNC(=O)c2ccc(C(=O)[O-])c(C3=c4cc5c6c(c4Oc4c3cc3c7c4CCCN7CCC3)CCC[N+]=6CCC5)c2)c2nc(N)[nH]c(=O)c21.Cn1c[n+]([C@@H]2O[C@H](COP(=O)(O)OP(=O)([O-])O)[C@@H](OC(=O)NCCNC(=O)c3ccc(C(=O)[O-])c(C4=c5cc6c7c(c5Oc5c4cc4c8c5CCCN8CCC4)CCC[N+]=7CCC6)c3)[C@H]2O)c2nc(N)[nH]c(=O)c21. The lowest BCUT2D eigenvalue weighted by Gasteiger charge is -2.39. The fourth-order valence-corrected chi connectivity index (χ4v) is 26.1. The summed E-state index contributed by atoms with van der Waals surface area (Å²) in [5.74, 6) is -1.80. The number of fused-ring (bicyclic) bond motifs is 10. The molecule has 10 aromatic rings. The number of aliphatic hydroxyl groups excluding tert-OH is 2. The van der Waals surface area contributed by atoms with E-state index in [9.17, 15) is 96.6 Å². The second kappa shape index (κ2) is 39.5. The van der Waals surface area contributed by atoms with Gasteiger partial charge in [0.2, 0.25) is 34.2 Å². The maximum atomic E-state index is 14.0. The number of benzene rings is 6. The molecule has 12 aliphatic rings. The van der Waals surface area contributed by atoms with Crippen LogP contribution in [0.5, 0.6) is 23.0 Å². The highest BCUT2D eigenvalue weighted by atomic mass is 31.3. The normalized spacial score (nSPS) is 22.1. The summed E-state index contributed by atoms with van der Waals surface area (Å²) in [6.07, 6.45) is 1.15. The van der Waals surface area contributed by atoms with Crippen LogP contribution in [0.2, 0.25) is 0 Å². The van der Waals surface area contributed by atoms with Crippen LogP contribution >= 0.6 is 31.3 Å². The molecule has 12 atom stereocenters. The number of imidazole rings is 2. The summed E-state index contributed by atoms with van der Waals surface area (Å²) < 4.78 is 111. The summed E-state index contributed by atoms with van der Waals surface area (Å²) in [6, 6.07) is 17.1. The highest BCUT2D eigenvalue weighted by molar-refractivity contribution is 7.60. The van der Waals surface area contributed by atoms with Crippen LogP contribution in [0.1, 0.15) is 172 Å². The van der Waals surface area contributed by atoms with Crippen LogP contribution in [-0.4, -0.2) is 223 Å². The van der Waals surface area contributed by atoms with E-state index in [1.807, 2.05) is 0 Å². The molecule has 780 valence electrons. The monoisotopic (exact) mass is 2120 g/mol. The number of alkyl carbamates (subject to hydrolysis) is 2. The Bertz CT molecular complexity index is 7950. The summed E-state index contributed by atoms with van der Waals surface area (Å²) in [5, 5.41) is 63.4. The molecule has 6 aromatic carbocycles. The summed E-state index contributed by atoms with van der Waals surface area (Å²) in [4.78, 5) is 184. The van der Waals surface area contributed by atoms with E-state index in [0.29, 0.717) is 45.3 Å². The topological polar surface area (TPSA) is 698 Å². The fraction of sp³-hybridized carbons (Fsp3) is 0.426. The van der Waals surface area contributed by atoms with Gasteiger partial charge in [0.1, 0.15) is 67.5 Å². The van der Waals surface area contributed by atoms with Gasteiger partial charge in [-0.25, -0.2) is 45.6 Å². The Labute approximate surface area is 837 Å². The first kappa shape index (κ1) is 101. The van der Waals surface area contributed by atoms with Crippen molar-refractivity contribution in [2.45, 2.75) is 152 Å². The molecule has 4 unspecified atom stereocenters. The summed E-state index contributed by atoms with van der Waals surface area (Å²) in [7, 11) is -19.6. The first-order chi connectivity index (χ1) is 70.7. The quantitative estimate of drug-likeness (QED) is 0.0143. The number of carbonyl (C=O) groups excluding carboxylic acids is 6. The van der Waals surface area contributed by atoms with Crippen molar-refractivity contribution in [2.75, 3.05) is 113 Å². The van der Waals surface area contributed by atoms with Crippen molar-refractivity contribution in [1.29, 1.82) is 0 Å². The third-order valence-electron chi connectivity index (χ3n) is 28.7. The predicted molar refractivity (Wildman–Crippen MR) is 508 cm³/mol. The van der Waals surface area contributed by atoms with Crippen LogP contribution in [0.25, 0.3) is 33.5 Å². The van der Waals surface area contributed by atoms with Crippen molar-refractivity contribution < 1.29 is 152 Å². The van der Waals surface area contributed by atoms with E-state index < -0.39 is 141 Å². The van der Waals surface area contributed by atoms with Crippen LogP contribution in [0, 0.1) is 0 Å². The molecule has 16 heterocycles. The second-order valence-corrected chi connectivity index (χ2v) is 43.7. The average Bonchev–Trinajstić information content (AvgIpc) is 1.63. The number of nitrogens with one attached hydrogen (secondary N) is 6. The van der Waals surface area contributed by atoms with Crippen molar-refractivity contribution in [3.05, 3.63) is 204 Å². The zero-order valence-corrected chi connectivity index (χ0v) is 83.1. The number of phosphoric ester groups is 2. The number of carbonyl (C=O) groups is 6. The van der Waals surface area contributed by atoms with E-state index in [1.54, 1.807) is 12.1 Å². The van der Waals surface area contributed by atoms with Crippen molar-refractivity contribution in [2.24, 2.45) is 14.1 Å². The van der Waals surface area contributed by atoms with Gasteiger partial charge in [0.15, 0.2) is 31.0 Å². The van der Waals surface area contributed by atoms with Gasteiger partial charge in [0, 0.05) is 167 Å². The smallest absolute Gasteiger partial charge is 0.478 e. The molecule has 0 spiro atoms. The Balaban J connectivity index is 0.000000173. The number of H-pyrrole nitrogens is 2. The summed E-state index contributed by atoms with van der Waals surface area (Å²) in [5.41, 5.74) is 25.0. The summed E-state index contributed by atoms with van der Waals surface area (Å²) in [6.45, 7) is 4.61. The lowest BCUT2D eigenvalue weighted by atomic mass is 9.81. The molecule has 0 saturated carbocycles. The lowest BCUT2D eigenvalue weighted by molar-refractivity contribution is -0.746. The van der Waals surface area contributed by atoms with Gasteiger partial charge in [-0.1, -0.05) is 22.1 Å². The number of amides is 4. The van der Waals surface area contributed by atoms with Crippen LogP contribution in [-0.2, 0) is 120 Å². The zero-order valence-electron chi connectivity index (χ0n) is 79.5. The summed E-state index contributed by atoms with van der Waals surface area (Å²) >= 11 is 0. The number of aromatic nitrogens is 8. The Morgan fingerprint density at radius 1 is 0.486 bits per heavy atom. The molecule has 54 heteroatoms. The number of rotatable bonds is 26. The van der Waals surface area contributed by atoms with Gasteiger partial charge in [-0.15, -0.1) is 0 Å². The molecule has 16 N–H and O–H groups in total. The largest absolute Gasteiger partial charge is 0.756 e. The number of carboxylic acid groups (broad SMARTS) is 2. The standard InChI is InChI=1S/2C47H51N9O16P2/c1-53-22-56(41-36(53)43(59)52-46(48)51-41)44-37(57)40(32(69-44)21-68-74(66,67)72-73(63,64)65)71-47(62)50-13-12-49-42(58)25-10-11-26(45(60)61)29(20-25)33-30-18-23-6-2-14-54-16-4-8-27(34(23)54)38(30)70-39-28-9-5-17-55-15-3-7-24(35(28)55)19-31(33)39;1-53-22-56(41-36(53)43(59)52-46(48)51-41)44-40(37(57)32(69-44)21-68-74(66,67)72-73(63,64)65)71-47(62)50-13-12-49-42(58)25-10-11-26(45(60)61)29(20-25)33-30-18-23-6-2-14-54-16-4-8-27(34(23)54)38(30)70-39-28-9-5-17-55-15-3-7-24(35(28)55)19-31(33)39/h2*10-11,18-20,22,32,37,40,44,57H,2-9,12-17,21H2,1H3,(H7-2,48,49,50,51,52,58,59,60,61,62,63,64,65,66,67)/t2*32-,37-,40-,44-/m11/s1. The highest BCUT2D eigenvalue weighted by Crippen LogP contribution is 2.58. The minimum atomic E-state index is -5.79. The second-order valence-electron chi connectivity index (χ2n) is 38.1. The number of hydrogen-bond donors (Lipinski definition) is 14. The minimum Gasteiger partial charge on any atom is -0.756 e. The fourth-order valence-electron chi connectivity index (χ4n) is 23.0. The number of aromatic carboxylic acids is 2. The number of nitrogen functional groups attached to an aromatic ring is 2. The molecule has 0 radical (unpaired) electrons. The van der Waals surface area contributed by atoms with E-state index in [-0.39, 0.29) is 82.7 Å². The molecular formula is C94H102N18O32P4. The van der Waals surface area contributed by atoms with Gasteiger partial charge < -0.3 is 130 Å². The molecule has 50 nitrogen and oxygen atoms in total. The molecule has 22 rings (SSSR count). The van der Waals surface area contributed by atoms with Crippen molar-refractivity contribution >= 4 is 124 Å². The number of nitrogens with zero attached hydrogens (tertiary/aromatic N) is 10. The Hall–Kier alpha value is -13.1. The molecule has 148 heavy (non-hydrogen) atoms. The van der Waals surface area contributed by atoms with Crippen LogP contribution in [0.15, 0.2) is 82.9 Å². The maximum Gasteiger partial charge on any atom is 0.478 e.